The van der Waals surface area contributed by atoms with Crippen molar-refractivity contribution in [2.45, 2.75) is 39.2 Å². The molecule has 3 heteroatoms. The van der Waals surface area contributed by atoms with Gasteiger partial charge in [0, 0.05) is 24.6 Å². The first-order chi connectivity index (χ1) is 6.18. The van der Waals surface area contributed by atoms with Crippen LogP contribution in [0.4, 0.5) is 0 Å². The second kappa shape index (κ2) is 2.98. The van der Waals surface area contributed by atoms with Gasteiger partial charge in [0.15, 0.2) is 0 Å². The molecule has 1 aliphatic rings. The van der Waals surface area contributed by atoms with Crippen molar-refractivity contribution in [1.82, 2.24) is 9.55 Å². The quantitative estimate of drug-likeness (QED) is 0.657. The number of aromatic nitrogens is 2. The highest BCUT2D eigenvalue weighted by atomic mass is 16.1. The van der Waals surface area contributed by atoms with Crippen LogP contribution in [-0.4, -0.2) is 15.3 Å². The van der Waals surface area contributed by atoms with Crippen LogP contribution in [0.15, 0.2) is 6.33 Å². The Morgan fingerprint density at radius 1 is 1.54 bits per heavy atom. The molecule has 2 rings (SSSR count). The largest absolute Gasteiger partial charge is 0.331 e. The molecule has 1 fully saturated rings. The number of ketones is 1. The van der Waals surface area contributed by atoms with E-state index in [-0.39, 0.29) is 0 Å². The zero-order valence-electron chi connectivity index (χ0n) is 8.08. The van der Waals surface area contributed by atoms with Crippen LogP contribution in [0.5, 0.6) is 0 Å². The van der Waals surface area contributed by atoms with Gasteiger partial charge in [-0.15, -0.1) is 0 Å². The van der Waals surface area contributed by atoms with Crippen LogP contribution < -0.4 is 0 Å². The fourth-order valence-corrected chi connectivity index (χ4v) is 1.92. The Morgan fingerprint density at radius 3 is 2.77 bits per heavy atom. The van der Waals surface area contributed by atoms with E-state index in [1.807, 2.05) is 13.3 Å². The van der Waals surface area contributed by atoms with E-state index in [2.05, 4.69) is 16.5 Å². The van der Waals surface area contributed by atoms with Crippen LogP contribution in [0.25, 0.3) is 0 Å². The topological polar surface area (TPSA) is 34.9 Å². The van der Waals surface area contributed by atoms with E-state index in [9.17, 15) is 4.79 Å². The molecular formula is C10H14N2O. The van der Waals surface area contributed by atoms with Crippen LogP contribution in [0, 0.1) is 13.8 Å². The normalized spacial score (nSPS) is 22.6. The van der Waals surface area contributed by atoms with Crippen molar-refractivity contribution in [1.29, 1.82) is 0 Å². The summed E-state index contributed by atoms with van der Waals surface area (Å²) in [6.45, 7) is 4.06. The Bertz CT molecular complexity index is 341. The molecule has 0 saturated heterocycles. The Balaban J connectivity index is 2.26. The summed E-state index contributed by atoms with van der Waals surface area (Å²) in [4.78, 5) is 15.3. The van der Waals surface area contributed by atoms with Gasteiger partial charge in [-0.2, -0.15) is 0 Å². The molecular weight excluding hydrogens is 164 g/mol. The summed E-state index contributed by atoms with van der Waals surface area (Å²) in [6.07, 6.45) is 4.27. The Morgan fingerprint density at radius 2 is 2.31 bits per heavy atom. The minimum Gasteiger partial charge on any atom is -0.331 e. The average molecular weight is 178 g/mol. The summed E-state index contributed by atoms with van der Waals surface area (Å²) in [6, 6.07) is 0.369. The molecule has 1 aromatic rings. The van der Waals surface area contributed by atoms with Gasteiger partial charge in [-0.05, 0) is 20.3 Å². The van der Waals surface area contributed by atoms with Gasteiger partial charge >= 0.3 is 0 Å². The van der Waals surface area contributed by atoms with Crippen LogP contribution in [-0.2, 0) is 4.79 Å². The number of imidazole rings is 1. The monoisotopic (exact) mass is 178 g/mol. The van der Waals surface area contributed by atoms with E-state index >= 15 is 0 Å². The zero-order valence-corrected chi connectivity index (χ0v) is 8.08. The molecule has 0 aliphatic heterocycles. The third-order valence-corrected chi connectivity index (χ3v) is 2.90. The van der Waals surface area contributed by atoms with Crippen molar-refractivity contribution < 1.29 is 4.79 Å². The Labute approximate surface area is 77.8 Å². The van der Waals surface area contributed by atoms with Crippen molar-refractivity contribution in [2.75, 3.05) is 0 Å². The first-order valence-electron chi connectivity index (χ1n) is 4.70. The summed E-state index contributed by atoms with van der Waals surface area (Å²) >= 11 is 0. The van der Waals surface area contributed by atoms with Gasteiger partial charge in [0.2, 0.25) is 0 Å². The average Bonchev–Trinajstić information content (AvgIpc) is 2.62. The van der Waals surface area contributed by atoms with Gasteiger partial charge in [0.25, 0.3) is 0 Å². The first-order valence-corrected chi connectivity index (χ1v) is 4.70. The second-order valence-electron chi connectivity index (χ2n) is 3.76. The highest BCUT2D eigenvalue weighted by Crippen LogP contribution is 2.28. The number of hydrogen-bond acceptors (Lipinski definition) is 2. The van der Waals surface area contributed by atoms with Gasteiger partial charge in [0.05, 0.1) is 12.0 Å². The summed E-state index contributed by atoms with van der Waals surface area (Å²) in [5.41, 5.74) is 2.26. The fraction of sp³-hybridized carbons (Fsp3) is 0.600. The van der Waals surface area contributed by atoms with Gasteiger partial charge < -0.3 is 4.57 Å². The molecule has 0 aromatic carbocycles. The third kappa shape index (κ3) is 1.39. The molecule has 1 aromatic heterocycles. The number of carbonyl (C=O) groups is 1. The minimum absolute atomic E-state index is 0.369. The maximum absolute atomic E-state index is 11.1. The molecule has 1 unspecified atom stereocenters. The molecule has 0 spiro atoms. The first kappa shape index (κ1) is 8.48. The summed E-state index contributed by atoms with van der Waals surface area (Å²) in [5.74, 6) is 0.385. The summed E-state index contributed by atoms with van der Waals surface area (Å²) in [5, 5.41) is 0. The van der Waals surface area contributed by atoms with Crippen molar-refractivity contribution in [3.8, 4) is 0 Å². The molecule has 0 N–H and O–H groups in total. The Kier molecular flexibility index (Phi) is 1.94. The van der Waals surface area contributed by atoms with E-state index in [0.29, 0.717) is 18.2 Å². The molecule has 1 saturated carbocycles. The lowest BCUT2D eigenvalue weighted by molar-refractivity contribution is -0.117. The van der Waals surface area contributed by atoms with Crippen molar-refractivity contribution >= 4 is 5.78 Å². The maximum atomic E-state index is 11.1. The van der Waals surface area contributed by atoms with Crippen LogP contribution >= 0.6 is 0 Å². The summed E-state index contributed by atoms with van der Waals surface area (Å²) < 4.78 is 2.14. The number of carbonyl (C=O) groups excluding carboxylic acids is 1. The molecule has 0 radical (unpaired) electrons. The lowest BCUT2D eigenvalue weighted by atomic mass is 10.2. The molecule has 1 atom stereocenters. The number of nitrogens with zero attached hydrogens (tertiary/aromatic N) is 2. The molecule has 70 valence electrons. The van der Waals surface area contributed by atoms with Gasteiger partial charge in [0.1, 0.15) is 5.78 Å². The van der Waals surface area contributed by atoms with Crippen molar-refractivity contribution in [3.63, 3.8) is 0 Å². The molecule has 0 bridgehead atoms. The minimum atomic E-state index is 0.369. The van der Waals surface area contributed by atoms with E-state index < -0.39 is 0 Å². The molecule has 13 heavy (non-hydrogen) atoms. The van der Waals surface area contributed by atoms with E-state index in [1.54, 1.807) is 0 Å². The second-order valence-corrected chi connectivity index (χ2v) is 3.76. The molecule has 1 heterocycles. The number of hydrogen-bond donors (Lipinski definition) is 0. The van der Waals surface area contributed by atoms with Gasteiger partial charge in [-0.1, -0.05) is 0 Å². The number of rotatable bonds is 1. The summed E-state index contributed by atoms with van der Waals surface area (Å²) in [7, 11) is 0. The van der Waals surface area contributed by atoms with E-state index in [4.69, 9.17) is 0 Å². The van der Waals surface area contributed by atoms with Crippen molar-refractivity contribution in [2.24, 2.45) is 0 Å². The Hall–Kier alpha value is -1.12. The highest BCUT2D eigenvalue weighted by Gasteiger charge is 2.24. The molecule has 0 amide bonds. The van der Waals surface area contributed by atoms with Crippen LogP contribution in [0.1, 0.15) is 36.7 Å². The van der Waals surface area contributed by atoms with E-state index in [1.165, 1.54) is 5.69 Å². The lowest BCUT2D eigenvalue weighted by Crippen LogP contribution is -2.06. The maximum Gasteiger partial charge on any atom is 0.135 e. The standard InChI is InChI=1S/C10H14N2O/c1-7-8(2)12(6-11-7)9-3-4-10(13)5-9/h6,9H,3-5H2,1-2H3. The highest BCUT2D eigenvalue weighted by molar-refractivity contribution is 5.80. The van der Waals surface area contributed by atoms with Gasteiger partial charge in [-0.3, -0.25) is 4.79 Å². The fourth-order valence-electron chi connectivity index (χ4n) is 1.92. The number of aryl methyl sites for hydroxylation is 1. The smallest absolute Gasteiger partial charge is 0.135 e. The van der Waals surface area contributed by atoms with Crippen molar-refractivity contribution in [3.05, 3.63) is 17.7 Å². The molecule has 1 aliphatic carbocycles. The van der Waals surface area contributed by atoms with Crippen LogP contribution in [0.2, 0.25) is 0 Å². The van der Waals surface area contributed by atoms with E-state index in [0.717, 1.165) is 18.5 Å². The predicted octanol–water partition coefficient (Wildman–Crippen LogP) is 1.79. The lowest BCUT2D eigenvalue weighted by Gasteiger charge is -2.11. The SMILES string of the molecule is Cc1ncn(C2CCC(=O)C2)c1C. The molecule has 3 nitrogen and oxygen atoms in total. The predicted molar refractivity (Wildman–Crippen MR) is 49.6 cm³/mol. The third-order valence-electron chi connectivity index (χ3n) is 2.90. The van der Waals surface area contributed by atoms with Gasteiger partial charge in [-0.25, -0.2) is 4.98 Å². The zero-order chi connectivity index (χ0) is 9.42. The van der Waals surface area contributed by atoms with Crippen LogP contribution in [0.3, 0.4) is 0 Å². The number of Topliss-reactive ketones (excluding diaryl/α,β-unsaturated/α-hetero) is 1.